The minimum atomic E-state index is 0. The van der Waals surface area contributed by atoms with Gasteiger partial charge < -0.3 is 0 Å². The minimum absolute atomic E-state index is 0. The predicted molar refractivity (Wildman–Crippen MR) is 19.9 cm³/mol. The minimum Gasteiger partial charge on any atom is 0 e. The summed E-state index contributed by atoms with van der Waals surface area (Å²) in [5, 5.41) is 0. The van der Waals surface area contributed by atoms with Gasteiger partial charge in [0.2, 0.25) is 0 Å². The second kappa shape index (κ2) is 24.6. The zero-order chi connectivity index (χ0) is 0. The second-order valence-corrected chi connectivity index (χ2v) is 0. The maximum Gasteiger partial charge on any atom is 0 e. The van der Waals surface area contributed by atoms with E-state index in [2.05, 4.69) is 0 Å². The summed E-state index contributed by atoms with van der Waals surface area (Å²) in [7, 11) is 0. The monoisotopic (exact) mass is 490 g/mol. The van der Waals surface area contributed by atoms with Gasteiger partial charge in [0.25, 0.3) is 0 Å². The van der Waals surface area contributed by atoms with E-state index in [0.717, 1.165) is 0 Å². The summed E-state index contributed by atoms with van der Waals surface area (Å²) in [5.74, 6) is 0. The Morgan fingerprint density at radius 1 is 1.00 bits per heavy atom. The number of rotatable bonds is 0. The molecule has 0 saturated carbocycles. The maximum absolute atomic E-state index is 0. The molecule has 36 valence electrons. The molecule has 0 fully saturated rings. The van der Waals surface area contributed by atoms with Crippen LogP contribution < -0.4 is 0 Å². The molecular weight excluding hydrogens is 485 g/mol. The van der Waals surface area contributed by atoms with Crippen LogP contribution in [0.3, 0.4) is 0 Å². The molecule has 0 aromatic carbocycles. The van der Waals surface area contributed by atoms with Gasteiger partial charge in [0.05, 0.1) is 0 Å². The van der Waals surface area contributed by atoms with E-state index in [1.165, 1.54) is 0 Å². The predicted octanol–water partition coefficient (Wildman–Crippen LogP) is -2.38. The summed E-state index contributed by atoms with van der Waals surface area (Å²) in [5.41, 5.74) is 0. The molecule has 0 amide bonds. The molecule has 0 spiro atoms. The molecule has 0 bridgehead atoms. The average Bonchev–Trinajstić information content (AvgIpc) is 0. The first-order valence-corrected chi connectivity index (χ1v) is 0. The van der Waals surface area contributed by atoms with Crippen LogP contribution in [0.15, 0.2) is 0 Å². The van der Waals surface area contributed by atoms with Crippen LogP contribution in [0, 0.1) is 0 Å². The first-order chi connectivity index (χ1) is 0. The Kier molecular flexibility index (Phi) is 179. The smallest absolute Gasteiger partial charge is 0 e. The zero-order valence-corrected chi connectivity index (χ0v) is 7.39. The molecular formula is H6AuCaCuSnZn. The van der Waals surface area contributed by atoms with Crippen molar-refractivity contribution in [3.8, 4) is 0 Å². The number of hydrogen-bond acceptors (Lipinski definition) is 0. The normalized spacial score (nSPS) is 0. The van der Waals surface area contributed by atoms with Crippen molar-refractivity contribution in [2.45, 2.75) is 0 Å². The molecule has 0 heterocycles. The molecule has 0 aromatic rings. The van der Waals surface area contributed by atoms with E-state index in [0.29, 0.717) is 0 Å². The van der Waals surface area contributed by atoms with Crippen LogP contribution in [-0.2, 0) is 58.9 Å². The zero-order valence-electron chi connectivity index (χ0n) is 1.31. The molecule has 0 aliphatic heterocycles. The van der Waals surface area contributed by atoms with Crippen LogP contribution in [0.2, 0.25) is 0 Å². The fraction of sp³-hybridized carbons (Fsp3) is 0. The number of hydrogen-bond donors (Lipinski definition) is 0. The van der Waals surface area contributed by atoms with Gasteiger partial charge in [0.1, 0.15) is 0 Å². The summed E-state index contributed by atoms with van der Waals surface area (Å²) in [6.45, 7) is 0. The van der Waals surface area contributed by atoms with Crippen LogP contribution >= 0.6 is 0 Å². The van der Waals surface area contributed by atoms with Gasteiger partial charge in [-0.3, -0.25) is 0 Å². The van der Waals surface area contributed by atoms with Gasteiger partial charge in [0.15, 0.2) is 0 Å². The third-order valence-electron chi connectivity index (χ3n) is 0. The van der Waals surface area contributed by atoms with E-state index in [1.54, 1.807) is 0 Å². The van der Waals surface area contributed by atoms with Gasteiger partial charge in [0, 0.05) is 58.9 Å². The maximum atomic E-state index is 0. The van der Waals surface area contributed by atoms with Crippen molar-refractivity contribution in [3.05, 3.63) is 0 Å². The van der Waals surface area contributed by atoms with Gasteiger partial charge in [-0.15, -0.1) is 0 Å². The largest absolute Gasteiger partial charge is 0 e. The van der Waals surface area contributed by atoms with Crippen molar-refractivity contribution in [3.63, 3.8) is 0 Å². The van der Waals surface area contributed by atoms with Gasteiger partial charge >= 0.3 is 61.6 Å². The molecule has 5 heteroatoms. The van der Waals surface area contributed by atoms with Crippen LogP contribution in [0.25, 0.3) is 0 Å². The Bertz CT molecular complexity index is 11.6. The Morgan fingerprint density at radius 2 is 1.00 bits per heavy atom. The summed E-state index contributed by atoms with van der Waals surface area (Å²) in [6, 6.07) is 0. The van der Waals surface area contributed by atoms with Gasteiger partial charge in [-0.25, -0.2) is 0 Å². The Morgan fingerprint density at radius 3 is 1.00 bits per heavy atom. The van der Waals surface area contributed by atoms with E-state index >= 15 is 0 Å². The summed E-state index contributed by atoms with van der Waals surface area (Å²) < 4.78 is 0. The average molecular weight is 491 g/mol. The molecule has 0 unspecified atom stereocenters. The third kappa shape index (κ3) is 18.0. The molecule has 0 N–H and O–H groups in total. The van der Waals surface area contributed by atoms with Gasteiger partial charge in [-0.2, -0.15) is 0 Å². The molecule has 0 rings (SSSR count). The quantitative estimate of drug-likeness (QED) is 0.333. The SMILES string of the molecule is [Au].[CaH2].[Cu].[SnH4].[Zn]. The van der Waals surface area contributed by atoms with E-state index in [4.69, 9.17) is 0 Å². The molecule has 0 aliphatic rings. The molecule has 0 saturated heterocycles. The van der Waals surface area contributed by atoms with Crippen LogP contribution in [0.1, 0.15) is 0 Å². The van der Waals surface area contributed by atoms with Gasteiger partial charge in [-0.05, 0) is 0 Å². The fourth-order valence-corrected chi connectivity index (χ4v) is 0. The summed E-state index contributed by atoms with van der Waals surface area (Å²) >= 11 is 0. The van der Waals surface area contributed by atoms with Crippen molar-refractivity contribution in [1.82, 2.24) is 0 Å². The van der Waals surface area contributed by atoms with Crippen LogP contribution in [-0.4, -0.2) is 61.6 Å². The van der Waals surface area contributed by atoms with E-state index in [-0.39, 0.29) is 121 Å². The van der Waals surface area contributed by atoms with Crippen molar-refractivity contribution in [1.29, 1.82) is 0 Å². The molecule has 5 heavy (non-hydrogen) atoms. The van der Waals surface area contributed by atoms with Crippen LogP contribution in [0.5, 0.6) is 0 Å². The van der Waals surface area contributed by atoms with E-state index in [9.17, 15) is 0 Å². The van der Waals surface area contributed by atoms with Gasteiger partial charge in [-0.1, -0.05) is 0 Å². The molecule has 0 nitrogen and oxygen atoms in total. The Balaban J connectivity index is 0. The van der Waals surface area contributed by atoms with Crippen LogP contribution in [0.4, 0.5) is 0 Å². The topological polar surface area (TPSA) is 0 Å². The molecule has 0 atom stereocenters. The molecule has 2 radical (unpaired) electrons. The Hall–Kier alpha value is 3.94. The molecule has 0 aliphatic carbocycles. The van der Waals surface area contributed by atoms with E-state index < -0.39 is 0 Å². The van der Waals surface area contributed by atoms with E-state index in [1.807, 2.05) is 0 Å². The molecule has 0 aromatic heterocycles. The third-order valence-corrected chi connectivity index (χ3v) is 0. The Labute approximate surface area is 118 Å². The fourth-order valence-electron chi connectivity index (χ4n) is 0. The summed E-state index contributed by atoms with van der Waals surface area (Å²) in [6.07, 6.45) is 0. The first kappa shape index (κ1) is 36.3. The first-order valence-electron chi connectivity index (χ1n) is 0. The standard InChI is InChI=1S/Au.Ca.Cu.Sn.Zn.6H. The second-order valence-electron chi connectivity index (χ2n) is 0. The summed E-state index contributed by atoms with van der Waals surface area (Å²) in [4.78, 5) is 0. The van der Waals surface area contributed by atoms with Crippen molar-refractivity contribution in [2.24, 2.45) is 0 Å². The van der Waals surface area contributed by atoms with Crippen molar-refractivity contribution < 1.29 is 58.9 Å². The van der Waals surface area contributed by atoms with Crippen molar-refractivity contribution >= 4 is 61.6 Å². The van der Waals surface area contributed by atoms with Crippen molar-refractivity contribution in [2.75, 3.05) is 0 Å².